The Labute approximate surface area is 127 Å². The number of hydrogen-bond donors (Lipinski definition) is 1. The van der Waals surface area contributed by atoms with E-state index in [0.717, 1.165) is 19.5 Å². The van der Waals surface area contributed by atoms with E-state index in [0.29, 0.717) is 12.5 Å². The second-order valence-corrected chi connectivity index (χ2v) is 6.37. The zero-order chi connectivity index (χ0) is 14.5. The van der Waals surface area contributed by atoms with E-state index >= 15 is 0 Å². The van der Waals surface area contributed by atoms with E-state index in [2.05, 4.69) is 43.8 Å². The minimum absolute atomic E-state index is 0.170. The summed E-state index contributed by atoms with van der Waals surface area (Å²) >= 11 is 4.52. The number of carbonyl (C=O) groups excluding carboxylic acids is 1. The van der Waals surface area contributed by atoms with Crippen LogP contribution in [0, 0.1) is 0 Å². The molecule has 4 heteroatoms. The summed E-state index contributed by atoms with van der Waals surface area (Å²) < 4.78 is 0. The van der Waals surface area contributed by atoms with Crippen molar-refractivity contribution in [2.24, 2.45) is 0 Å². The maximum Gasteiger partial charge on any atom is 0.235 e. The molecule has 3 nitrogen and oxygen atoms in total. The van der Waals surface area contributed by atoms with E-state index in [1.54, 1.807) is 0 Å². The van der Waals surface area contributed by atoms with Gasteiger partial charge in [-0.05, 0) is 38.9 Å². The van der Waals surface area contributed by atoms with Crippen molar-refractivity contribution < 1.29 is 4.79 Å². The van der Waals surface area contributed by atoms with Gasteiger partial charge >= 0.3 is 0 Å². The summed E-state index contributed by atoms with van der Waals surface area (Å²) in [7, 11) is 4.17. The molecule has 0 aliphatic carbocycles. The quantitative estimate of drug-likeness (QED) is 0.859. The number of likely N-dealkylation sites (N-methyl/N-ethyl adjacent to an activating group) is 1. The molecule has 1 aliphatic heterocycles. The molecule has 0 N–H and O–H groups in total. The van der Waals surface area contributed by atoms with Crippen LogP contribution in [-0.2, 0) is 11.2 Å². The molecule has 1 amide bonds. The van der Waals surface area contributed by atoms with Gasteiger partial charge in [0.1, 0.15) is 0 Å². The van der Waals surface area contributed by atoms with Crippen LogP contribution in [0.15, 0.2) is 30.3 Å². The highest BCUT2D eigenvalue weighted by atomic mass is 32.1. The Balaban J connectivity index is 1.93. The van der Waals surface area contributed by atoms with Gasteiger partial charge in [-0.1, -0.05) is 30.3 Å². The van der Waals surface area contributed by atoms with Gasteiger partial charge in [0, 0.05) is 19.1 Å². The van der Waals surface area contributed by atoms with Crippen LogP contribution in [-0.4, -0.2) is 54.2 Å². The molecule has 1 aromatic carbocycles. The van der Waals surface area contributed by atoms with Crippen LogP contribution in [0.5, 0.6) is 0 Å². The van der Waals surface area contributed by atoms with Gasteiger partial charge in [-0.3, -0.25) is 4.79 Å². The van der Waals surface area contributed by atoms with Crippen LogP contribution < -0.4 is 0 Å². The number of likely N-dealkylation sites (tertiary alicyclic amines) is 1. The number of thiol groups is 1. The molecule has 2 atom stereocenters. The van der Waals surface area contributed by atoms with Gasteiger partial charge in [0.25, 0.3) is 0 Å². The molecule has 1 aromatic rings. The Kier molecular flexibility index (Phi) is 5.49. The third-order valence-corrected chi connectivity index (χ3v) is 4.40. The maximum atomic E-state index is 12.5. The van der Waals surface area contributed by atoms with Gasteiger partial charge in [-0.2, -0.15) is 12.6 Å². The number of rotatable bonds is 4. The smallest absolute Gasteiger partial charge is 0.235 e. The molecule has 0 bridgehead atoms. The number of piperidine rings is 1. The molecular weight excluding hydrogens is 268 g/mol. The number of hydrogen-bond acceptors (Lipinski definition) is 3. The molecule has 0 spiro atoms. The Bertz CT molecular complexity index is 435. The first kappa shape index (κ1) is 15.4. The predicted octanol–water partition coefficient (Wildman–Crippen LogP) is 2.08. The monoisotopic (exact) mass is 292 g/mol. The van der Waals surface area contributed by atoms with E-state index in [4.69, 9.17) is 0 Å². The van der Waals surface area contributed by atoms with Gasteiger partial charge in [0.05, 0.1) is 5.25 Å². The van der Waals surface area contributed by atoms with Gasteiger partial charge in [0.15, 0.2) is 0 Å². The average molecular weight is 292 g/mol. The van der Waals surface area contributed by atoms with Crippen molar-refractivity contribution in [3.8, 4) is 0 Å². The lowest BCUT2D eigenvalue weighted by Gasteiger charge is -2.37. The average Bonchev–Trinajstić information content (AvgIpc) is 2.47. The van der Waals surface area contributed by atoms with Crippen molar-refractivity contribution in [1.82, 2.24) is 9.80 Å². The van der Waals surface area contributed by atoms with Crippen molar-refractivity contribution in [3.63, 3.8) is 0 Å². The van der Waals surface area contributed by atoms with Crippen molar-refractivity contribution in [1.29, 1.82) is 0 Å². The van der Waals surface area contributed by atoms with E-state index < -0.39 is 0 Å². The Morgan fingerprint density at radius 2 is 2.10 bits per heavy atom. The van der Waals surface area contributed by atoms with Gasteiger partial charge < -0.3 is 9.80 Å². The first-order valence-corrected chi connectivity index (χ1v) is 7.77. The Morgan fingerprint density at radius 3 is 2.75 bits per heavy atom. The summed E-state index contributed by atoms with van der Waals surface area (Å²) in [6.45, 7) is 1.70. The molecule has 2 rings (SSSR count). The highest BCUT2D eigenvalue weighted by molar-refractivity contribution is 7.81. The summed E-state index contributed by atoms with van der Waals surface area (Å²) in [5.41, 5.74) is 1.17. The number of carbonyl (C=O) groups is 1. The van der Waals surface area contributed by atoms with E-state index in [9.17, 15) is 4.79 Å². The minimum Gasteiger partial charge on any atom is -0.340 e. The molecule has 110 valence electrons. The number of nitrogens with zero attached hydrogens (tertiary/aromatic N) is 2. The van der Waals surface area contributed by atoms with Crippen LogP contribution in [0.1, 0.15) is 18.4 Å². The maximum absolute atomic E-state index is 12.5. The normalized spacial score (nSPS) is 21.0. The molecule has 0 aromatic heterocycles. The van der Waals surface area contributed by atoms with Gasteiger partial charge in [-0.15, -0.1) is 0 Å². The first-order valence-electron chi connectivity index (χ1n) is 7.25. The van der Waals surface area contributed by atoms with Gasteiger partial charge in [-0.25, -0.2) is 0 Å². The third-order valence-electron chi connectivity index (χ3n) is 4.00. The second-order valence-electron chi connectivity index (χ2n) is 5.75. The summed E-state index contributed by atoms with van der Waals surface area (Å²) in [5.74, 6) is 0.170. The fourth-order valence-corrected chi connectivity index (χ4v) is 3.09. The van der Waals surface area contributed by atoms with E-state index in [1.807, 2.05) is 23.1 Å². The van der Waals surface area contributed by atoms with Crippen LogP contribution >= 0.6 is 12.6 Å². The fourth-order valence-electron chi connectivity index (χ4n) is 2.71. The van der Waals surface area contributed by atoms with Crippen molar-refractivity contribution in [2.45, 2.75) is 30.6 Å². The zero-order valence-electron chi connectivity index (χ0n) is 12.3. The first-order chi connectivity index (χ1) is 9.58. The summed E-state index contributed by atoms with van der Waals surface area (Å²) in [6, 6.07) is 10.6. The predicted molar refractivity (Wildman–Crippen MR) is 86.2 cm³/mol. The summed E-state index contributed by atoms with van der Waals surface area (Å²) in [5, 5.41) is -0.238. The largest absolute Gasteiger partial charge is 0.340 e. The van der Waals surface area contributed by atoms with Crippen molar-refractivity contribution in [3.05, 3.63) is 35.9 Å². The summed E-state index contributed by atoms with van der Waals surface area (Å²) in [4.78, 5) is 16.7. The zero-order valence-corrected chi connectivity index (χ0v) is 13.2. The standard InChI is InChI=1S/C16H24N2OS/c1-17(2)14-9-6-10-18(12-14)16(19)15(20)11-13-7-4-3-5-8-13/h3-5,7-8,14-15,20H,6,9-12H2,1-2H3. The van der Waals surface area contributed by atoms with E-state index in [-0.39, 0.29) is 11.2 Å². The fraction of sp³-hybridized carbons (Fsp3) is 0.562. The third kappa shape index (κ3) is 4.00. The van der Waals surface area contributed by atoms with Crippen LogP contribution in [0.4, 0.5) is 0 Å². The molecule has 1 aliphatic rings. The van der Waals surface area contributed by atoms with Crippen LogP contribution in [0.3, 0.4) is 0 Å². The molecule has 1 fully saturated rings. The summed E-state index contributed by atoms with van der Waals surface area (Å²) in [6.07, 6.45) is 2.96. The molecule has 1 heterocycles. The van der Waals surface area contributed by atoms with Crippen LogP contribution in [0.2, 0.25) is 0 Å². The molecule has 20 heavy (non-hydrogen) atoms. The van der Waals surface area contributed by atoms with Crippen LogP contribution in [0.25, 0.3) is 0 Å². The molecular formula is C16H24N2OS. The topological polar surface area (TPSA) is 23.6 Å². The minimum atomic E-state index is -0.238. The lowest BCUT2D eigenvalue weighted by atomic mass is 10.0. The lowest BCUT2D eigenvalue weighted by molar-refractivity contribution is -0.132. The highest BCUT2D eigenvalue weighted by Crippen LogP contribution is 2.17. The highest BCUT2D eigenvalue weighted by Gasteiger charge is 2.28. The van der Waals surface area contributed by atoms with Crippen molar-refractivity contribution in [2.75, 3.05) is 27.2 Å². The SMILES string of the molecule is CN(C)C1CCCN(C(=O)C(S)Cc2ccccc2)C1. The van der Waals surface area contributed by atoms with Gasteiger partial charge in [0.2, 0.25) is 5.91 Å². The molecule has 0 radical (unpaired) electrons. The molecule has 2 unspecified atom stereocenters. The number of amides is 1. The lowest BCUT2D eigenvalue weighted by Crippen LogP contribution is -2.49. The second kappa shape index (κ2) is 7.14. The Morgan fingerprint density at radius 1 is 1.40 bits per heavy atom. The van der Waals surface area contributed by atoms with E-state index in [1.165, 1.54) is 12.0 Å². The Hall–Kier alpha value is -1.00. The molecule has 0 saturated carbocycles. The molecule has 1 saturated heterocycles. The number of benzene rings is 1. The van der Waals surface area contributed by atoms with Crippen molar-refractivity contribution >= 4 is 18.5 Å².